The predicted octanol–water partition coefficient (Wildman–Crippen LogP) is 4.17. The summed E-state index contributed by atoms with van der Waals surface area (Å²) in [5.41, 5.74) is 2.47. The number of likely N-dealkylation sites (N-methyl/N-ethyl adjacent to an activating group) is 1. The van der Waals surface area contributed by atoms with Gasteiger partial charge in [0.2, 0.25) is 5.91 Å². The molecular weight excluding hydrogens is 416 g/mol. The number of carbonyl (C=O) groups excluding carboxylic acids is 2. The average Bonchev–Trinajstić information content (AvgIpc) is 3.56. The van der Waals surface area contributed by atoms with Gasteiger partial charge in [-0.2, -0.15) is 4.98 Å². The molecule has 7 nitrogen and oxygen atoms in total. The number of nitrogens with zero attached hydrogens (tertiary/aromatic N) is 4. The second kappa shape index (κ2) is 10.4. The molecule has 2 aromatic carbocycles. The van der Waals surface area contributed by atoms with Gasteiger partial charge in [-0.1, -0.05) is 42.4 Å². The fourth-order valence-electron chi connectivity index (χ4n) is 4.21. The molecule has 3 aromatic rings. The smallest absolute Gasteiger partial charge is 0.257 e. The number of rotatable bonds is 8. The standard InChI is InChI=1S/C26H30N4O3/c1-3-22(19-9-5-4-6-10-19)26(32)29(2)18-15-23-27-24(33-28-23)20-11-13-21(14-12-20)25(31)30-16-7-8-17-30/h4-6,9-14,22H,3,7-8,15-18H2,1-2H3/t22-/m0/s1. The molecule has 172 valence electrons. The molecule has 1 fully saturated rings. The van der Waals surface area contributed by atoms with E-state index in [0.29, 0.717) is 30.2 Å². The SMILES string of the molecule is CC[C@H](C(=O)N(C)CCc1noc(-c2ccc(C(=O)N3CCCC3)cc2)n1)c1ccccc1. The van der Waals surface area contributed by atoms with Crippen molar-refractivity contribution < 1.29 is 14.1 Å². The van der Waals surface area contributed by atoms with E-state index in [1.807, 2.05) is 61.3 Å². The maximum atomic E-state index is 12.9. The van der Waals surface area contributed by atoms with Crippen molar-refractivity contribution in [3.63, 3.8) is 0 Å². The van der Waals surface area contributed by atoms with Gasteiger partial charge in [-0.15, -0.1) is 0 Å². The number of likely N-dealkylation sites (tertiary alicyclic amines) is 1. The van der Waals surface area contributed by atoms with Crippen LogP contribution in [0.4, 0.5) is 0 Å². The zero-order valence-electron chi connectivity index (χ0n) is 19.2. The molecule has 7 heteroatoms. The lowest BCUT2D eigenvalue weighted by atomic mass is 9.95. The topological polar surface area (TPSA) is 79.5 Å². The third-order valence-electron chi connectivity index (χ3n) is 6.20. The van der Waals surface area contributed by atoms with Crippen LogP contribution in [-0.2, 0) is 11.2 Å². The molecule has 4 rings (SSSR count). The van der Waals surface area contributed by atoms with E-state index in [4.69, 9.17) is 4.52 Å². The van der Waals surface area contributed by atoms with Crippen LogP contribution in [0.25, 0.3) is 11.5 Å². The van der Waals surface area contributed by atoms with Crippen LogP contribution in [0.2, 0.25) is 0 Å². The minimum absolute atomic E-state index is 0.0684. The highest BCUT2D eigenvalue weighted by atomic mass is 16.5. The Hall–Kier alpha value is -3.48. The molecular formula is C26H30N4O3. The average molecular weight is 447 g/mol. The number of benzene rings is 2. The Kier molecular flexibility index (Phi) is 7.17. The molecule has 1 aliphatic heterocycles. The summed E-state index contributed by atoms with van der Waals surface area (Å²) in [6, 6.07) is 17.1. The summed E-state index contributed by atoms with van der Waals surface area (Å²) in [5.74, 6) is 0.966. The Morgan fingerprint density at radius 3 is 2.42 bits per heavy atom. The summed E-state index contributed by atoms with van der Waals surface area (Å²) in [6.45, 7) is 4.19. The highest BCUT2D eigenvalue weighted by Gasteiger charge is 2.23. The second-order valence-electron chi connectivity index (χ2n) is 8.47. The lowest BCUT2D eigenvalue weighted by molar-refractivity contribution is -0.131. The summed E-state index contributed by atoms with van der Waals surface area (Å²) in [7, 11) is 1.81. The van der Waals surface area contributed by atoms with Gasteiger partial charge in [0.1, 0.15) is 0 Å². The molecule has 0 spiro atoms. The maximum absolute atomic E-state index is 12.9. The first kappa shape index (κ1) is 22.7. The quantitative estimate of drug-likeness (QED) is 0.519. The Balaban J connectivity index is 1.34. The van der Waals surface area contributed by atoms with E-state index in [9.17, 15) is 9.59 Å². The van der Waals surface area contributed by atoms with Crippen molar-refractivity contribution in [2.45, 2.75) is 38.5 Å². The fourth-order valence-corrected chi connectivity index (χ4v) is 4.21. The van der Waals surface area contributed by atoms with Crippen LogP contribution in [0.3, 0.4) is 0 Å². The van der Waals surface area contributed by atoms with Gasteiger partial charge in [-0.05, 0) is 49.1 Å². The summed E-state index contributed by atoms with van der Waals surface area (Å²) in [5, 5.41) is 4.07. The molecule has 1 aromatic heterocycles. The Labute approximate surface area is 194 Å². The van der Waals surface area contributed by atoms with Crippen molar-refractivity contribution in [1.82, 2.24) is 19.9 Å². The first-order valence-corrected chi connectivity index (χ1v) is 11.6. The van der Waals surface area contributed by atoms with Crippen LogP contribution in [0.5, 0.6) is 0 Å². The van der Waals surface area contributed by atoms with E-state index in [1.54, 1.807) is 17.0 Å². The Morgan fingerprint density at radius 2 is 1.76 bits per heavy atom. The third-order valence-corrected chi connectivity index (χ3v) is 6.20. The lowest BCUT2D eigenvalue weighted by Crippen LogP contribution is -2.33. The van der Waals surface area contributed by atoms with E-state index >= 15 is 0 Å². The molecule has 1 aliphatic rings. The van der Waals surface area contributed by atoms with Crippen LogP contribution < -0.4 is 0 Å². The maximum Gasteiger partial charge on any atom is 0.257 e. The van der Waals surface area contributed by atoms with Crippen molar-refractivity contribution >= 4 is 11.8 Å². The van der Waals surface area contributed by atoms with Crippen molar-refractivity contribution in [2.75, 3.05) is 26.7 Å². The van der Waals surface area contributed by atoms with E-state index in [1.165, 1.54) is 0 Å². The molecule has 2 heterocycles. The third kappa shape index (κ3) is 5.30. The highest BCUT2D eigenvalue weighted by molar-refractivity contribution is 5.94. The zero-order valence-corrected chi connectivity index (χ0v) is 19.2. The molecule has 0 bridgehead atoms. The number of carbonyl (C=O) groups is 2. The van der Waals surface area contributed by atoms with Gasteiger partial charge in [0.25, 0.3) is 11.8 Å². The van der Waals surface area contributed by atoms with Crippen LogP contribution in [0.15, 0.2) is 59.1 Å². The van der Waals surface area contributed by atoms with Crippen molar-refractivity contribution in [3.05, 3.63) is 71.5 Å². The van der Waals surface area contributed by atoms with Crippen LogP contribution in [0.1, 0.15) is 53.8 Å². The number of aromatic nitrogens is 2. The molecule has 0 N–H and O–H groups in total. The number of amides is 2. The van der Waals surface area contributed by atoms with Crippen molar-refractivity contribution in [3.8, 4) is 11.5 Å². The number of hydrogen-bond acceptors (Lipinski definition) is 5. The minimum Gasteiger partial charge on any atom is -0.345 e. The van der Waals surface area contributed by atoms with Crippen LogP contribution >= 0.6 is 0 Å². The second-order valence-corrected chi connectivity index (χ2v) is 8.47. The van der Waals surface area contributed by atoms with Gasteiger partial charge < -0.3 is 14.3 Å². The molecule has 2 amide bonds. The Morgan fingerprint density at radius 1 is 1.06 bits per heavy atom. The lowest BCUT2D eigenvalue weighted by Gasteiger charge is -2.23. The highest BCUT2D eigenvalue weighted by Crippen LogP contribution is 2.22. The van der Waals surface area contributed by atoms with E-state index in [2.05, 4.69) is 10.1 Å². The van der Waals surface area contributed by atoms with Crippen molar-refractivity contribution in [2.24, 2.45) is 0 Å². The molecule has 1 atom stereocenters. The summed E-state index contributed by atoms with van der Waals surface area (Å²) in [6.07, 6.45) is 3.39. The number of hydrogen-bond donors (Lipinski definition) is 0. The van der Waals surface area contributed by atoms with Crippen LogP contribution in [-0.4, -0.2) is 58.4 Å². The predicted molar refractivity (Wildman–Crippen MR) is 126 cm³/mol. The molecule has 0 aliphatic carbocycles. The molecule has 0 saturated carbocycles. The summed E-state index contributed by atoms with van der Waals surface area (Å²) in [4.78, 5) is 33.5. The molecule has 1 saturated heterocycles. The van der Waals surface area contributed by atoms with Gasteiger partial charge in [0.15, 0.2) is 5.82 Å². The van der Waals surface area contributed by atoms with E-state index < -0.39 is 0 Å². The molecule has 0 radical (unpaired) electrons. The first-order valence-electron chi connectivity index (χ1n) is 11.6. The van der Waals surface area contributed by atoms with Crippen molar-refractivity contribution in [1.29, 1.82) is 0 Å². The van der Waals surface area contributed by atoms with E-state index in [0.717, 1.165) is 43.5 Å². The monoisotopic (exact) mass is 446 g/mol. The van der Waals surface area contributed by atoms with Gasteiger partial charge in [0, 0.05) is 44.2 Å². The minimum atomic E-state index is -0.154. The van der Waals surface area contributed by atoms with Gasteiger partial charge in [-0.25, -0.2) is 0 Å². The summed E-state index contributed by atoms with van der Waals surface area (Å²) < 4.78 is 5.42. The van der Waals surface area contributed by atoms with Gasteiger partial charge in [0.05, 0.1) is 5.92 Å². The Bertz CT molecular complexity index is 1070. The summed E-state index contributed by atoms with van der Waals surface area (Å²) >= 11 is 0. The first-order chi connectivity index (χ1) is 16.1. The van der Waals surface area contributed by atoms with Gasteiger partial charge in [-0.3, -0.25) is 9.59 Å². The van der Waals surface area contributed by atoms with E-state index in [-0.39, 0.29) is 17.7 Å². The largest absolute Gasteiger partial charge is 0.345 e. The zero-order chi connectivity index (χ0) is 23.2. The van der Waals surface area contributed by atoms with Gasteiger partial charge >= 0.3 is 0 Å². The molecule has 33 heavy (non-hydrogen) atoms. The van der Waals surface area contributed by atoms with Crippen LogP contribution in [0, 0.1) is 0 Å². The fraction of sp³-hybridized carbons (Fsp3) is 0.385. The molecule has 0 unspecified atom stereocenters. The normalized spacial score (nSPS) is 14.3.